The number of amides is 1. The Bertz CT molecular complexity index is 140. The minimum Gasteiger partial charge on any atom is -0.380 e. The molecular weight excluding hydrogens is 120 g/mol. The summed E-state index contributed by atoms with van der Waals surface area (Å²) < 4.78 is 0. The van der Waals surface area contributed by atoms with E-state index in [4.69, 9.17) is 16.6 Å². The monoisotopic (exact) mass is 130 g/mol. The van der Waals surface area contributed by atoms with Gasteiger partial charge in [0.1, 0.15) is 5.60 Å². The van der Waals surface area contributed by atoms with Gasteiger partial charge in [0.05, 0.1) is 0 Å². The maximum absolute atomic E-state index is 10.4. The van der Waals surface area contributed by atoms with E-state index in [1.54, 1.807) is 0 Å². The molecule has 0 aromatic carbocycles. The van der Waals surface area contributed by atoms with Crippen molar-refractivity contribution in [1.82, 2.24) is 0 Å². The summed E-state index contributed by atoms with van der Waals surface area (Å²) in [5.74, 6) is -0.663. The molecule has 1 fully saturated rings. The van der Waals surface area contributed by atoms with Crippen molar-refractivity contribution in [2.45, 2.75) is 24.5 Å². The van der Waals surface area contributed by atoms with E-state index < -0.39 is 11.5 Å². The lowest BCUT2D eigenvalue weighted by Crippen LogP contribution is -2.58. The Morgan fingerprint density at radius 2 is 2.11 bits per heavy atom. The van der Waals surface area contributed by atoms with E-state index in [0.29, 0.717) is 12.8 Å². The first-order chi connectivity index (χ1) is 4.04. The third-order valence-electron chi connectivity index (χ3n) is 1.66. The number of hydrogen-bond acceptors (Lipinski definition) is 3. The van der Waals surface area contributed by atoms with Gasteiger partial charge in [-0.1, -0.05) is 0 Å². The molecule has 52 valence electrons. The van der Waals surface area contributed by atoms with Crippen molar-refractivity contribution < 1.29 is 9.90 Å². The molecule has 0 aromatic rings. The Morgan fingerprint density at radius 1 is 1.67 bits per heavy atom. The Kier molecular flexibility index (Phi) is 1.22. The lowest BCUT2D eigenvalue weighted by atomic mass is 9.76. The average molecular weight is 130 g/mol. The summed E-state index contributed by atoms with van der Waals surface area (Å²) in [6.07, 6.45) is 0.616. The largest absolute Gasteiger partial charge is 0.380 e. The molecule has 0 aromatic heterocycles. The van der Waals surface area contributed by atoms with Crippen LogP contribution >= 0.6 is 0 Å². The van der Waals surface area contributed by atoms with Gasteiger partial charge < -0.3 is 16.6 Å². The van der Waals surface area contributed by atoms with Crippen LogP contribution in [0, 0.1) is 0 Å². The Morgan fingerprint density at radius 3 is 2.22 bits per heavy atom. The molecule has 0 radical (unpaired) electrons. The van der Waals surface area contributed by atoms with Gasteiger partial charge in [-0.2, -0.15) is 0 Å². The minimum atomic E-state index is -1.29. The molecule has 1 aliphatic rings. The topological polar surface area (TPSA) is 89.3 Å². The average Bonchev–Trinajstić information content (AvgIpc) is 1.62. The number of hydrogen-bond donors (Lipinski definition) is 3. The van der Waals surface area contributed by atoms with Crippen LogP contribution < -0.4 is 11.5 Å². The Balaban J connectivity index is 2.50. The van der Waals surface area contributed by atoms with E-state index in [2.05, 4.69) is 0 Å². The summed E-state index contributed by atoms with van der Waals surface area (Å²) >= 11 is 0. The zero-order valence-corrected chi connectivity index (χ0v) is 5.00. The Hall–Kier alpha value is -0.610. The maximum Gasteiger partial charge on any atom is 0.249 e. The summed E-state index contributed by atoms with van der Waals surface area (Å²) in [6.45, 7) is 0. The van der Waals surface area contributed by atoms with Gasteiger partial charge in [-0.15, -0.1) is 0 Å². The third kappa shape index (κ3) is 0.906. The molecule has 0 aliphatic heterocycles. The molecule has 0 spiro atoms. The van der Waals surface area contributed by atoms with E-state index in [1.165, 1.54) is 0 Å². The predicted octanol–water partition coefficient (Wildman–Crippen LogP) is -1.68. The van der Waals surface area contributed by atoms with Crippen molar-refractivity contribution in [3.63, 3.8) is 0 Å². The van der Waals surface area contributed by atoms with Crippen molar-refractivity contribution in [2.24, 2.45) is 11.5 Å². The molecule has 1 rings (SSSR count). The van der Waals surface area contributed by atoms with E-state index in [9.17, 15) is 4.79 Å². The summed E-state index contributed by atoms with van der Waals surface area (Å²) in [5, 5.41) is 9.10. The summed E-state index contributed by atoms with van der Waals surface area (Å²) in [5.41, 5.74) is 8.88. The summed E-state index contributed by atoms with van der Waals surface area (Å²) in [6, 6.07) is -0.0532. The van der Waals surface area contributed by atoms with Gasteiger partial charge >= 0.3 is 0 Å². The first kappa shape index (κ1) is 6.51. The molecular formula is C5H10N2O2. The molecule has 1 aliphatic carbocycles. The fraction of sp³-hybridized carbons (Fsp3) is 0.800. The van der Waals surface area contributed by atoms with Gasteiger partial charge in [-0.25, -0.2) is 0 Å². The van der Waals surface area contributed by atoms with E-state index in [0.717, 1.165) is 0 Å². The molecule has 0 saturated heterocycles. The van der Waals surface area contributed by atoms with Crippen LogP contribution in [-0.4, -0.2) is 22.7 Å². The number of rotatable bonds is 1. The van der Waals surface area contributed by atoms with Crippen molar-refractivity contribution in [3.05, 3.63) is 0 Å². The normalized spacial score (nSPS) is 41.8. The fourth-order valence-corrected chi connectivity index (χ4v) is 1.01. The molecule has 9 heavy (non-hydrogen) atoms. The molecule has 4 heteroatoms. The van der Waals surface area contributed by atoms with Crippen LogP contribution in [0.25, 0.3) is 0 Å². The van der Waals surface area contributed by atoms with Crippen LogP contribution in [0.2, 0.25) is 0 Å². The van der Waals surface area contributed by atoms with Gasteiger partial charge in [0.25, 0.3) is 0 Å². The van der Waals surface area contributed by atoms with Gasteiger partial charge in [0.15, 0.2) is 0 Å². The van der Waals surface area contributed by atoms with Crippen molar-refractivity contribution in [1.29, 1.82) is 0 Å². The predicted molar refractivity (Wildman–Crippen MR) is 31.4 cm³/mol. The van der Waals surface area contributed by atoms with Crippen LogP contribution in [0.1, 0.15) is 12.8 Å². The Labute approximate surface area is 52.8 Å². The molecule has 0 bridgehead atoms. The third-order valence-corrected chi connectivity index (χ3v) is 1.66. The van der Waals surface area contributed by atoms with Crippen LogP contribution in [-0.2, 0) is 4.79 Å². The van der Waals surface area contributed by atoms with Gasteiger partial charge in [0.2, 0.25) is 5.91 Å². The molecule has 5 N–H and O–H groups in total. The highest BCUT2D eigenvalue weighted by atomic mass is 16.3. The quantitative estimate of drug-likeness (QED) is 0.396. The SMILES string of the molecule is NC(=O)C1(O)CC(N)C1. The van der Waals surface area contributed by atoms with Gasteiger partial charge in [-0.05, 0) is 0 Å². The zero-order chi connectivity index (χ0) is 7.07. The van der Waals surface area contributed by atoms with Crippen LogP contribution in [0.5, 0.6) is 0 Å². The molecule has 0 unspecified atom stereocenters. The molecule has 1 amide bonds. The second-order valence-corrected chi connectivity index (χ2v) is 2.56. The first-order valence-corrected chi connectivity index (χ1v) is 2.82. The molecule has 0 heterocycles. The highest BCUT2D eigenvalue weighted by molar-refractivity contribution is 5.84. The number of aliphatic hydroxyl groups is 1. The van der Waals surface area contributed by atoms with E-state index >= 15 is 0 Å². The highest BCUT2D eigenvalue weighted by Gasteiger charge is 2.45. The lowest BCUT2D eigenvalue weighted by molar-refractivity contribution is -0.146. The minimum absolute atomic E-state index is 0.0532. The highest BCUT2D eigenvalue weighted by Crippen LogP contribution is 2.29. The van der Waals surface area contributed by atoms with Crippen LogP contribution in [0.15, 0.2) is 0 Å². The summed E-state index contributed by atoms with van der Waals surface area (Å²) in [7, 11) is 0. The standard InChI is InChI=1S/C5H10N2O2/c6-3-1-5(9,2-3)4(7)8/h3,9H,1-2,6H2,(H2,7,8). The second-order valence-electron chi connectivity index (χ2n) is 2.56. The van der Waals surface area contributed by atoms with E-state index in [1.807, 2.05) is 0 Å². The fourth-order valence-electron chi connectivity index (χ4n) is 1.01. The van der Waals surface area contributed by atoms with Crippen LogP contribution in [0.4, 0.5) is 0 Å². The summed E-state index contributed by atoms with van der Waals surface area (Å²) in [4.78, 5) is 10.4. The van der Waals surface area contributed by atoms with Gasteiger partial charge in [0, 0.05) is 18.9 Å². The molecule has 4 nitrogen and oxygen atoms in total. The van der Waals surface area contributed by atoms with Crippen molar-refractivity contribution in [2.75, 3.05) is 0 Å². The molecule has 1 saturated carbocycles. The second kappa shape index (κ2) is 1.68. The van der Waals surface area contributed by atoms with Crippen LogP contribution in [0.3, 0.4) is 0 Å². The smallest absolute Gasteiger partial charge is 0.249 e. The number of primary amides is 1. The van der Waals surface area contributed by atoms with E-state index in [-0.39, 0.29) is 6.04 Å². The van der Waals surface area contributed by atoms with Gasteiger partial charge in [-0.3, -0.25) is 4.79 Å². The van der Waals surface area contributed by atoms with Crippen molar-refractivity contribution in [3.8, 4) is 0 Å². The number of carbonyl (C=O) groups is 1. The number of carbonyl (C=O) groups excluding carboxylic acids is 1. The number of nitrogens with two attached hydrogens (primary N) is 2. The molecule has 0 atom stereocenters. The lowest BCUT2D eigenvalue weighted by Gasteiger charge is -2.38. The zero-order valence-electron chi connectivity index (χ0n) is 5.00. The first-order valence-electron chi connectivity index (χ1n) is 2.82. The van der Waals surface area contributed by atoms with Crippen molar-refractivity contribution >= 4 is 5.91 Å². The maximum atomic E-state index is 10.4.